The number of amides is 2. The molecule has 0 saturated carbocycles. The number of hydrogen-bond donors (Lipinski definition) is 0. The number of rotatable bonds is 10. The zero-order valence-electron chi connectivity index (χ0n) is 19.1. The Morgan fingerprint density at radius 1 is 1.00 bits per heavy atom. The van der Waals surface area contributed by atoms with E-state index >= 15 is 0 Å². The van der Waals surface area contributed by atoms with Crippen LogP contribution in [0.2, 0.25) is 0 Å². The second-order valence-electron chi connectivity index (χ2n) is 8.59. The van der Waals surface area contributed by atoms with E-state index in [-0.39, 0.29) is 17.9 Å². The van der Waals surface area contributed by atoms with E-state index in [1.165, 1.54) is 4.90 Å². The number of hydrogen-bond acceptors (Lipinski definition) is 6. The second kappa shape index (κ2) is 10.8. The van der Waals surface area contributed by atoms with Crippen LogP contribution in [0.15, 0.2) is 30.0 Å². The van der Waals surface area contributed by atoms with Gasteiger partial charge in [0.25, 0.3) is 11.8 Å². The lowest BCUT2D eigenvalue weighted by Gasteiger charge is -2.29. The molecule has 1 fully saturated rings. The van der Waals surface area contributed by atoms with Gasteiger partial charge in [0, 0.05) is 26.2 Å². The number of carbonyl (C=O) groups excluding carboxylic acids is 2. The van der Waals surface area contributed by atoms with Crippen molar-refractivity contribution in [1.29, 1.82) is 0 Å². The molecule has 2 aliphatic heterocycles. The summed E-state index contributed by atoms with van der Waals surface area (Å²) in [6.45, 7) is 11.9. The molecule has 170 valence electrons. The summed E-state index contributed by atoms with van der Waals surface area (Å²) in [5.41, 5.74) is 1.68. The maximum Gasteiger partial charge on any atom is 0.277 e. The van der Waals surface area contributed by atoms with Crippen LogP contribution in [0.3, 0.4) is 0 Å². The number of imide groups is 1. The summed E-state index contributed by atoms with van der Waals surface area (Å²) in [6, 6.07) is 7.45. The highest BCUT2D eigenvalue weighted by atomic mass is 16.5. The Morgan fingerprint density at radius 2 is 1.68 bits per heavy atom. The Morgan fingerprint density at radius 3 is 2.29 bits per heavy atom. The molecule has 0 spiro atoms. The fraction of sp³-hybridized carbons (Fsp3) is 0.583. The Labute approximate surface area is 184 Å². The molecule has 2 aliphatic rings. The highest BCUT2D eigenvalue weighted by Gasteiger charge is 2.41. The minimum absolute atomic E-state index is 0.124. The third-order valence-corrected chi connectivity index (χ3v) is 5.17. The van der Waals surface area contributed by atoms with Crippen LogP contribution in [-0.4, -0.2) is 73.8 Å². The Hall–Kier alpha value is -2.38. The first-order chi connectivity index (χ1) is 14.9. The van der Waals surface area contributed by atoms with E-state index in [0.717, 1.165) is 11.3 Å². The normalized spacial score (nSPS) is 17.5. The van der Waals surface area contributed by atoms with E-state index in [2.05, 4.69) is 13.8 Å². The largest absolute Gasteiger partial charge is 0.493 e. The van der Waals surface area contributed by atoms with Crippen LogP contribution in [0.1, 0.15) is 39.7 Å². The molecule has 0 bridgehead atoms. The number of carbonyl (C=O) groups is 2. The summed E-state index contributed by atoms with van der Waals surface area (Å²) in [6.07, 6.45) is 0.736. The zero-order chi connectivity index (χ0) is 22.4. The molecule has 0 atom stereocenters. The molecule has 2 amide bonds. The Bertz CT molecular complexity index is 795. The number of benzene rings is 1. The molecule has 0 aromatic heterocycles. The predicted molar refractivity (Wildman–Crippen MR) is 119 cm³/mol. The number of ether oxygens (including phenoxy) is 3. The van der Waals surface area contributed by atoms with Crippen molar-refractivity contribution in [3.63, 3.8) is 0 Å². The van der Waals surface area contributed by atoms with E-state index in [1.807, 2.05) is 43.0 Å². The molecule has 0 unspecified atom stereocenters. The number of morpholine rings is 1. The molecular formula is C24H34N2O5. The molecule has 1 aromatic carbocycles. The zero-order valence-corrected chi connectivity index (χ0v) is 19.1. The van der Waals surface area contributed by atoms with Crippen molar-refractivity contribution in [3.05, 3.63) is 35.5 Å². The summed E-state index contributed by atoms with van der Waals surface area (Å²) in [7, 11) is 0. The van der Waals surface area contributed by atoms with Gasteiger partial charge in [-0.3, -0.25) is 14.5 Å². The quantitative estimate of drug-likeness (QED) is 0.420. The first kappa shape index (κ1) is 23.3. The lowest BCUT2D eigenvalue weighted by molar-refractivity contribution is -0.138. The minimum Gasteiger partial charge on any atom is -0.493 e. The molecule has 31 heavy (non-hydrogen) atoms. The van der Waals surface area contributed by atoms with Crippen molar-refractivity contribution in [3.8, 4) is 5.75 Å². The van der Waals surface area contributed by atoms with Crippen molar-refractivity contribution in [2.45, 2.75) is 40.2 Å². The van der Waals surface area contributed by atoms with Crippen LogP contribution in [-0.2, 0) is 19.1 Å². The van der Waals surface area contributed by atoms with Gasteiger partial charge >= 0.3 is 0 Å². The van der Waals surface area contributed by atoms with Gasteiger partial charge in [0.2, 0.25) is 0 Å². The van der Waals surface area contributed by atoms with Crippen LogP contribution < -0.4 is 4.74 Å². The van der Waals surface area contributed by atoms with E-state index in [1.54, 1.807) is 0 Å². The third kappa shape index (κ3) is 5.86. The van der Waals surface area contributed by atoms with Crippen molar-refractivity contribution >= 4 is 17.4 Å². The standard InChI is InChI=1S/C24H34N2O5/c1-17(2)16-31-20-8-6-19(7-9-20)21-22(25-11-14-29-15-12-25)24(28)26(23(21)27)10-5-13-30-18(3)4/h6-9,17-18H,5,10-16H2,1-4H3. The fourth-order valence-corrected chi connectivity index (χ4v) is 3.63. The minimum atomic E-state index is -0.244. The smallest absolute Gasteiger partial charge is 0.277 e. The Kier molecular flexibility index (Phi) is 8.09. The molecular weight excluding hydrogens is 396 g/mol. The van der Waals surface area contributed by atoms with E-state index in [0.29, 0.717) is 69.7 Å². The van der Waals surface area contributed by atoms with Gasteiger partial charge in [-0.25, -0.2) is 0 Å². The van der Waals surface area contributed by atoms with Gasteiger partial charge in [-0.05, 0) is 43.9 Å². The molecule has 1 aromatic rings. The first-order valence-electron chi connectivity index (χ1n) is 11.2. The second-order valence-corrected chi connectivity index (χ2v) is 8.59. The molecule has 1 saturated heterocycles. The molecule has 0 radical (unpaired) electrons. The van der Waals surface area contributed by atoms with Crippen LogP contribution in [0, 0.1) is 5.92 Å². The van der Waals surface area contributed by atoms with Crippen LogP contribution in [0.5, 0.6) is 5.75 Å². The van der Waals surface area contributed by atoms with Gasteiger partial charge in [-0.1, -0.05) is 26.0 Å². The van der Waals surface area contributed by atoms with Crippen LogP contribution >= 0.6 is 0 Å². The molecule has 7 nitrogen and oxygen atoms in total. The van der Waals surface area contributed by atoms with Crippen molar-refractivity contribution in [2.75, 3.05) is 46.1 Å². The maximum atomic E-state index is 13.3. The molecule has 2 heterocycles. The highest BCUT2D eigenvalue weighted by molar-refractivity contribution is 6.35. The third-order valence-electron chi connectivity index (χ3n) is 5.17. The molecule has 0 aliphatic carbocycles. The van der Waals surface area contributed by atoms with Crippen LogP contribution in [0.25, 0.3) is 5.57 Å². The van der Waals surface area contributed by atoms with Gasteiger partial charge in [0.15, 0.2) is 0 Å². The molecule has 7 heteroatoms. The lowest BCUT2D eigenvalue weighted by Crippen LogP contribution is -2.40. The summed E-state index contributed by atoms with van der Waals surface area (Å²) < 4.78 is 16.8. The monoisotopic (exact) mass is 430 g/mol. The van der Waals surface area contributed by atoms with Crippen LogP contribution in [0.4, 0.5) is 0 Å². The average Bonchev–Trinajstić information content (AvgIpc) is 3.00. The average molecular weight is 431 g/mol. The van der Waals surface area contributed by atoms with Gasteiger partial charge in [-0.2, -0.15) is 0 Å². The predicted octanol–water partition coefficient (Wildman–Crippen LogP) is 2.95. The maximum absolute atomic E-state index is 13.3. The fourth-order valence-electron chi connectivity index (χ4n) is 3.63. The van der Waals surface area contributed by atoms with Crippen molar-refractivity contribution in [1.82, 2.24) is 9.80 Å². The summed E-state index contributed by atoms with van der Waals surface area (Å²) in [5.74, 6) is 0.710. The SMILES string of the molecule is CC(C)COc1ccc(C2=C(N3CCOCC3)C(=O)N(CCCOC(C)C)C2=O)cc1. The van der Waals surface area contributed by atoms with Gasteiger partial charge in [0.1, 0.15) is 11.4 Å². The highest BCUT2D eigenvalue weighted by Crippen LogP contribution is 2.33. The van der Waals surface area contributed by atoms with Crippen molar-refractivity contribution < 1.29 is 23.8 Å². The Balaban J connectivity index is 1.82. The topological polar surface area (TPSA) is 68.3 Å². The molecule has 3 rings (SSSR count). The van der Waals surface area contributed by atoms with Gasteiger partial charge in [-0.15, -0.1) is 0 Å². The van der Waals surface area contributed by atoms with E-state index in [9.17, 15) is 9.59 Å². The van der Waals surface area contributed by atoms with E-state index < -0.39 is 0 Å². The van der Waals surface area contributed by atoms with Gasteiger partial charge in [0.05, 0.1) is 31.5 Å². The van der Waals surface area contributed by atoms with E-state index in [4.69, 9.17) is 14.2 Å². The van der Waals surface area contributed by atoms with Gasteiger partial charge < -0.3 is 19.1 Å². The first-order valence-corrected chi connectivity index (χ1v) is 11.2. The number of nitrogens with zero attached hydrogens (tertiary/aromatic N) is 2. The summed E-state index contributed by atoms with van der Waals surface area (Å²) in [4.78, 5) is 29.9. The lowest BCUT2D eigenvalue weighted by atomic mass is 10.0. The summed E-state index contributed by atoms with van der Waals surface area (Å²) in [5, 5.41) is 0. The molecule has 0 N–H and O–H groups in total. The van der Waals surface area contributed by atoms with Crippen molar-refractivity contribution in [2.24, 2.45) is 5.92 Å². The summed E-state index contributed by atoms with van der Waals surface area (Å²) >= 11 is 0.